The van der Waals surface area contributed by atoms with Gasteiger partial charge in [0.1, 0.15) is 5.01 Å². The lowest BCUT2D eigenvalue weighted by atomic mass is 10.1. The van der Waals surface area contributed by atoms with Gasteiger partial charge in [0.25, 0.3) is 5.91 Å². The van der Waals surface area contributed by atoms with Gasteiger partial charge in [0.15, 0.2) is 11.5 Å². The van der Waals surface area contributed by atoms with E-state index >= 15 is 0 Å². The van der Waals surface area contributed by atoms with Gasteiger partial charge in [-0.15, -0.1) is 10.2 Å². The Hall–Kier alpha value is -2.15. The van der Waals surface area contributed by atoms with Crippen LogP contribution in [0, 0.1) is 0 Å². The van der Waals surface area contributed by atoms with Crippen LogP contribution in [0.1, 0.15) is 54.9 Å². The molecule has 0 saturated heterocycles. The Kier molecular flexibility index (Phi) is 6.54. The maximum atomic E-state index is 12.4. The highest BCUT2D eigenvalue weighted by molar-refractivity contribution is 7.15. The first-order valence-corrected chi connectivity index (χ1v) is 8.90. The largest absolute Gasteiger partial charge is 0.493 e. The van der Waals surface area contributed by atoms with Crippen LogP contribution in [0.3, 0.4) is 0 Å². The van der Waals surface area contributed by atoms with Crippen LogP contribution in [0.25, 0.3) is 0 Å². The zero-order valence-corrected chi connectivity index (χ0v) is 15.3. The Bertz CT molecular complexity index is 683. The van der Waals surface area contributed by atoms with E-state index in [0.29, 0.717) is 34.7 Å². The summed E-state index contributed by atoms with van der Waals surface area (Å²) in [5, 5.41) is 12.5. The number of benzene rings is 1. The lowest BCUT2D eigenvalue weighted by molar-refractivity contribution is 0.102. The quantitative estimate of drug-likeness (QED) is 0.776. The molecular formula is C17H23N3O3S. The van der Waals surface area contributed by atoms with Crippen molar-refractivity contribution >= 4 is 22.4 Å². The molecule has 0 bridgehead atoms. The molecule has 0 radical (unpaired) electrons. The number of hydrogen-bond donors (Lipinski definition) is 1. The Balaban J connectivity index is 2.13. The van der Waals surface area contributed by atoms with E-state index in [1.807, 2.05) is 6.92 Å². The Morgan fingerprint density at radius 2 is 1.96 bits per heavy atom. The lowest BCUT2D eigenvalue weighted by Crippen LogP contribution is -2.12. The minimum absolute atomic E-state index is 0.245. The molecule has 1 heterocycles. The van der Waals surface area contributed by atoms with E-state index in [1.165, 1.54) is 11.3 Å². The summed E-state index contributed by atoms with van der Waals surface area (Å²) in [6.07, 6.45) is 2.02. The van der Waals surface area contributed by atoms with Gasteiger partial charge in [-0.25, -0.2) is 0 Å². The molecule has 0 atom stereocenters. The number of nitrogens with one attached hydrogen (secondary N) is 1. The van der Waals surface area contributed by atoms with Crippen LogP contribution >= 0.6 is 11.3 Å². The molecule has 0 unspecified atom stereocenters. The number of ether oxygens (including phenoxy) is 2. The second kappa shape index (κ2) is 8.63. The number of carbonyl (C=O) groups is 1. The molecule has 24 heavy (non-hydrogen) atoms. The van der Waals surface area contributed by atoms with Crippen molar-refractivity contribution in [3.63, 3.8) is 0 Å². The minimum atomic E-state index is -0.245. The van der Waals surface area contributed by atoms with Gasteiger partial charge in [-0.1, -0.05) is 25.2 Å². The number of carbonyl (C=O) groups excluding carboxylic acids is 1. The summed E-state index contributed by atoms with van der Waals surface area (Å²) in [5.74, 6) is 1.28. The molecule has 2 aromatic rings. The SMILES string of the molecule is CCOc1cc(C(=O)Nc2nnc(C(CC)CC)s2)ccc1OC. The van der Waals surface area contributed by atoms with Gasteiger partial charge < -0.3 is 9.47 Å². The summed E-state index contributed by atoms with van der Waals surface area (Å²) >= 11 is 1.43. The first kappa shape index (κ1) is 18.2. The van der Waals surface area contributed by atoms with E-state index < -0.39 is 0 Å². The molecule has 0 fully saturated rings. The van der Waals surface area contributed by atoms with Crippen molar-refractivity contribution < 1.29 is 14.3 Å². The highest BCUT2D eigenvalue weighted by Crippen LogP contribution is 2.30. The molecule has 0 saturated carbocycles. The van der Waals surface area contributed by atoms with Crippen molar-refractivity contribution in [2.75, 3.05) is 19.0 Å². The van der Waals surface area contributed by atoms with Crippen LogP contribution in [0.5, 0.6) is 11.5 Å². The molecule has 7 heteroatoms. The number of anilines is 1. The number of methoxy groups -OCH3 is 1. The van der Waals surface area contributed by atoms with Crippen LogP contribution < -0.4 is 14.8 Å². The molecule has 0 aliphatic rings. The first-order valence-electron chi connectivity index (χ1n) is 8.08. The summed E-state index contributed by atoms with van der Waals surface area (Å²) in [4.78, 5) is 12.4. The van der Waals surface area contributed by atoms with Crippen molar-refractivity contribution in [1.29, 1.82) is 0 Å². The standard InChI is InChI=1S/C17H23N3O3S/c1-5-11(6-2)16-19-20-17(24-16)18-15(21)12-8-9-13(22-4)14(10-12)23-7-3/h8-11H,5-7H2,1-4H3,(H,18,20,21). The van der Waals surface area contributed by atoms with Gasteiger partial charge in [-0.3, -0.25) is 10.1 Å². The first-order chi connectivity index (χ1) is 11.6. The average molecular weight is 349 g/mol. The van der Waals surface area contributed by atoms with Gasteiger partial charge in [0.05, 0.1) is 13.7 Å². The van der Waals surface area contributed by atoms with Crippen LogP contribution in [-0.4, -0.2) is 29.8 Å². The summed E-state index contributed by atoms with van der Waals surface area (Å²) in [6.45, 7) is 6.63. The molecule has 0 aliphatic heterocycles. The van der Waals surface area contributed by atoms with E-state index in [1.54, 1.807) is 25.3 Å². The van der Waals surface area contributed by atoms with E-state index in [0.717, 1.165) is 17.8 Å². The molecule has 1 N–H and O–H groups in total. The fourth-order valence-electron chi connectivity index (χ4n) is 2.34. The maximum absolute atomic E-state index is 12.4. The number of rotatable bonds is 8. The monoisotopic (exact) mass is 349 g/mol. The van der Waals surface area contributed by atoms with E-state index in [2.05, 4.69) is 29.4 Å². The molecule has 1 aromatic heterocycles. The summed E-state index contributed by atoms with van der Waals surface area (Å²) in [6, 6.07) is 5.08. The van der Waals surface area contributed by atoms with Gasteiger partial charge >= 0.3 is 0 Å². The molecule has 0 spiro atoms. The molecule has 2 rings (SSSR count). The Labute approximate surface area is 146 Å². The van der Waals surface area contributed by atoms with Crippen molar-refractivity contribution in [3.05, 3.63) is 28.8 Å². The number of hydrogen-bond acceptors (Lipinski definition) is 6. The minimum Gasteiger partial charge on any atom is -0.493 e. The van der Waals surface area contributed by atoms with Crippen LogP contribution in [-0.2, 0) is 0 Å². The summed E-state index contributed by atoms with van der Waals surface area (Å²) in [5.41, 5.74) is 0.485. The molecule has 6 nitrogen and oxygen atoms in total. The smallest absolute Gasteiger partial charge is 0.257 e. The molecular weight excluding hydrogens is 326 g/mol. The molecule has 1 aromatic carbocycles. The number of amides is 1. The third-order valence-corrected chi connectivity index (χ3v) is 4.72. The Morgan fingerprint density at radius 3 is 2.58 bits per heavy atom. The van der Waals surface area contributed by atoms with Crippen LogP contribution in [0.4, 0.5) is 5.13 Å². The average Bonchev–Trinajstić information content (AvgIpc) is 3.04. The van der Waals surface area contributed by atoms with Crippen molar-refractivity contribution in [1.82, 2.24) is 10.2 Å². The predicted octanol–water partition coefficient (Wildman–Crippen LogP) is 4.10. The third kappa shape index (κ3) is 4.23. The van der Waals surface area contributed by atoms with Crippen molar-refractivity contribution in [2.24, 2.45) is 0 Å². The van der Waals surface area contributed by atoms with Crippen LogP contribution in [0.2, 0.25) is 0 Å². The predicted molar refractivity (Wildman–Crippen MR) is 95.3 cm³/mol. The highest BCUT2D eigenvalue weighted by atomic mass is 32.1. The fourth-order valence-corrected chi connectivity index (χ4v) is 3.35. The zero-order valence-electron chi connectivity index (χ0n) is 14.5. The third-order valence-electron chi connectivity index (χ3n) is 3.72. The number of nitrogens with zero attached hydrogens (tertiary/aromatic N) is 2. The maximum Gasteiger partial charge on any atom is 0.257 e. The van der Waals surface area contributed by atoms with Gasteiger partial charge in [-0.05, 0) is 38.0 Å². The van der Waals surface area contributed by atoms with Gasteiger partial charge in [0.2, 0.25) is 5.13 Å². The van der Waals surface area contributed by atoms with E-state index in [4.69, 9.17) is 9.47 Å². The van der Waals surface area contributed by atoms with Crippen molar-refractivity contribution in [2.45, 2.75) is 39.5 Å². The van der Waals surface area contributed by atoms with Gasteiger partial charge in [0, 0.05) is 11.5 Å². The molecule has 1 amide bonds. The van der Waals surface area contributed by atoms with E-state index in [9.17, 15) is 4.79 Å². The highest BCUT2D eigenvalue weighted by Gasteiger charge is 2.16. The summed E-state index contributed by atoms with van der Waals surface area (Å²) in [7, 11) is 1.57. The summed E-state index contributed by atoms with van der Waals surface area (Å²) < 4.78 is 10.7. The van der Waals surface area contributed by atoms with Crippen LogP contribution in [0.15, 0.2) is 18.2 Å². The Morgan fingerprint density at radius 1 is 1.21 bits per heavy atom. The fraction of sp³-hybridized carbons (Fsp3) is 0.471. The normalized spacial score (nSPS) is 10.7. The second-order valence-corrected chi connectivity index (χ2v) is 6.22. The lowest BCUT2D eigenvalue weighted by Gasteiger charge is -2.10. The second-order valence-electron chi connectivity index (χ2n) is 5.21. The zero-order chi connectivity index (χ0) is 17.5. The topological polar surface area (TPSA) is 73.3 Å². The molecule has 0 aliphatic carbocycles. The van der Waals surface area contributed by atoms with Crippen molar-refractivity contribution in [3.8, 4) is 11.5 Å². The van der Waals surface area contributed by atoms with E-state index in [-0.39, 0.29) is 5.91 Å². The van der Waals surface area contributed by atoms with Gasteiger partial charge in [-0.2, -0.15) is 0 Å². The number of aromatic nitrogens is 2. The molecule has 130 valence electrons.